The maximum Gasteiger partial charge on any atom is 0.276 e. The molecule has 6 heteroatoms. The van der Waals surface area contributed by atoms with E-state index in [0.717, 1.165) is 19.2 Å². The first-order chi connectivity index (χ1) is 5.74. The molecule has 0 unspecified atom stereocenters. The van der Waals surface area contributed by atoms with Crippen LogP contribution >= 0.6 is 0 Å². The van der Waals surface area contributed by atoms with Crippen molar-refractivity contribution in [1.29, 1.82) is 0 Å². The number of nitrogens with zero attached hydrogens (tertiary/aromatic N) is 2. The third-order valence-electron chi connectivity index (χ3n) is 1.56. The van der Waals surface area contributed by atoms with Crippen LogP contribution in [0.2, 0.25) is 0 Å². The number of rotatable bonds is 2. The van der Waals surface area contributed by atoms with Crippen molar-refractivity contribution >= 4 is 0 Å². The molecule has 0 aliphatic carbocycles. The van der Waals surface area contributed by atoms with Gasteiger partial charge in [0.15, 0.2) is 5.82 Å². The van der Waals surface area contributed by atoms with E-state index in [4.69, 9.17) is 4.84 Å². The molecule has 1 N–H and O–H groups in total. The first kappa shape index (κ1) is 8.79. The van der Waals surface area contributed by atoms with Crippen molar-refractivity contribution in [3.05, 3.63) is 22.1 Å². The molecule has 1 aliphatic rings. The van der Waals surface area contributed by atoms with E-state index in [0.29, 0.717) is 12.4 Å². The molecule has 0 spiro atoms. The van der Waals surface area contributed by atoms with Crippen LogP contribution in [0.1, 0.15) is 6.42 Å². The number of nitrogens with one attached hydrogen (secondary N) is 1. The summed E-state index contributed by atoms with van der Waals surface area (Å²) in [7, 11) is 1.49. The lowest BCUT2D eigenvalue weighted by molar-refractivity contribution is -0.406. The van der Waals surface area contributed by atoms with Gasteiger partial charge in [-0.3, -0.25) is 15.0 Å². The molecule has 0 aromatic heterocycles. The van der Waals surface area contributed by atoms with Crippen molar-refractivity contribution in [3.63, 3.8) is 0 Å². The first-order valence-corrected chi connectivity index (χ1v) is 3.65. The maximum atomic E-state index is 10.1. The monoisotopic (exact) mass is 173 g/mol. The Morgan fingerprint density at radius 3 is 3.17 bits per heavy atom. The quantitative estimate of drug-likeness (QED) is 0.467. The summed E-state index contributed by atoms with van der Waals surface area (Å²) in [4.78, 5) is 14.5. The fourth-order valence-electron chi connectivity index (χ4n) is 1.05. The van der Waals surface area contributed by atoms with Crippen molar-refractivity contribution in [3.8, 4) is 0 Å². The lowest BCUT2D eigenvalue weighted by Gasteiger charge is -2.27. The third kappa shape index (κ3) is 2.09. The van der Waals surface area contributed by atoms with Crippen molar-refractivity contribution in [2.75, 3.05) is 20.2 Å². The van der Waals surface area contributed by atoms with Gasteiger partial charge in [0.1, 0.15) is 0 Å². The average molecular weight is 173 g/mol. The topological polar surface area (TPSA) is 67.6 Å². The Morgan fingerprint density at radius 2 is 2.58 bits per heavy atom. The molecule has 1 rings (SSSR count). The van der Waals surface area contributed by atoms with E-state index in [2.05, 4.69) is 5.32 Å². The van der Waals surface area contributed by atoms with Gasteiger partial charge in [-0.15, -0.1) is 0 Å². The number of hydroxylamine groups is 2. The Kier molecular flexibility index (Phi) is 2.87. The zero-order chi connectivity index (χ0) is 8.97. The van der Waals surface area contributed by atoms with Crippen LogP contribution in [0.15, 0.2) is 12.0 Å². The van der Waals surface area contributed by atoms with Gasteiger partial charge in [0.25, 0.3) is 6.20 Å². The van der Waals surface area contributed by atoms with E-state index in [1.807, 2.05) is 0 Å². The minimum absolute atomic E-state index is 0.411. The second-order valence-corrected chi connectivity index (χ2v) is 2.36. The van der Waals surface area contributed by atoms with E-state index in [-0.39, 0.29) is 0 Å². The van der Waals surface area contributed by atoms with Gasteiger partial charge in [-0.2, -0.15) is 0 Å². The Balaban J connectivity index is 2.64. The molecule has 0 saturated carbocycles. The number of hydrogen-bond donors (Lipinski definition) is 1. The van der Waals surface area contributed by atoms with E-state index < -0.39 is 4.92 Å². The maximum absolute atomic E-state index is 10.1. The van der Waals surface area contributed by atoms with Gasteiger partial charge >= 0.3 is 0 Å². The molecule has 1 heterocycles. The highest BCUT2D eigenvalue weighted by Gasteiger charge is 2.16. The van der Waals surface area contributed by atoms with Crippen LogP contribution in [0.3, 0.4) is 0 Å². The molecule has 6 nitrogen and oxygen atoms in total. The van der Waals surface area contributed by atoms with Crippen LogP contribution in [0.5, 0.6) is 0 Å². The fraction of sp³-hybridized carbons (Fsp3) is 0.667. The minimum Gasteiger partial charge on any atom is -0.365 e. The lowest BCUT2D eigenvalue weighted by atomic mass is 10.3. The summed E-state index contributed by atoms with van der Waals surface area (Å²) in [5.74, 6) is 0.411. The van der Waals surface area contributed by atoms with Crippen molar-refractivity contribution in [1.82, 2.24) is 10.4 Å². The molecule has 12 heavy (non-hydrogen) atoms. The van der Waals surface area contributed by atoms with E-state index in [1.54, 1.807) is 0 Å². The molecular formula is C6H11N3O3. The van der Waals surface area contributed by atoms with Gasteiger partial charge in [0, 0.05) is 13.1 Å². The molecule has 0 amide bonds. The van der Waals surface area contributed by atoms with Crippen LogP contribution in [0.4, 0.5) is 0 Å². The lowest BCUT2D eigenvalue weighted by Crippen LogP contribution is -2.39. The fourth-order valence-corrected chi connectivity index (χ4v) is 1.05. The molecule has 0 aromatic carbocycles. The Hall–Kier alpha value is -1.30. The zero-order valence-electron chi connectivity index (χ0n) is 6.82. The standard InChI is InChI=1S/C6H11N3O3/c1-12-8-4-2-3-7-6(8)5-9(10)11/h5,7H,2-4H2,1H3/b6-5-. The Labute approximate surface area is 69.9 Å². The van der Waals surface area contributed by atoms with Crippen LogP contribution in [-0.2, 0) is 4.84 Å². The summed E-state index contributed by atoms with van der Waals surface area (Å²) in [6.45, 7) is 1.43. The summed E-state index contributed by atoms with van der Waals surface area (Å²) in [5.41, 5.74) is 0. The molecule has 0 aromatic rings. The van der Waals surface area contributed by atoms with Gasteiger partial charge in [0.2, 0.25) is 0 Å². The minimum atomic E-state index is -0.500. The Morgan fingerprint density at radius 1 is 1.83 bits per heavy atom. The van der Waals surface area contributed by atoms with Gasteiger partial charge < -0.3 is 5.32 Å². The number of nitro groups is 1. The predicted octanol–water partition coefficient (Wildman–Crippen LogP) is -0.0813. The highest BCUT2D eigenvalue weighted by molar-refractivity contribution is 4.93. The largest absolute Gasteiger partial charge is 0.365 e. The summed E-state index contributed by atoms with van der Waals surface area (Å²) < 4.78 is 0. The molecule has 68 valence electrons. The normalized spacial score (nSPS) is 20.8. The predicted molar refractivity (Wildman–Crippen MR) is 41.4 cm³/mol. The van der Waals surface area contributed by atoms with Crippen LogP contribution in [0.25, 0.3) is 0 Å². The van der Waals surface area contributed by atoms with Crippen LogP contribution in [-0.4, -0.2) is 30.2 Å². The average Bonchev–Trinajstić information content (AvgIpc) is 2.04. The summed E-state index contributed by atoms with van der Waals surface area (Å²) in [6.07, 6.45) is 1.82. The molecule has 1 aliphatic heterocycles. The summed E-state index contributed by atoms with van der Waals surface area (Å²) in [5, 5.41) is 14.5. The van der Waals surface area contributed by atoms with Gasteiger partial charge in [0.05, 0.1) is 12.0 Å². The van der Waals surface area contributed by atoms with Crippen molar-refractivity contribution in [2.45, 2.75) is 6.42 Å². The molecule has 1 saturated heterocycles. The SMILES string of the molecule is CON1CCCN/C1=C/[N+](=O)[O-]. The molecule has 0 atom stereocenters. The van der Waals surface area contributed by atoms with Crippen LogP contribution in [0, 0.1) is 10.1 Å². The highest BCUT2D eigenvalue weighted by atomic mass is 16.7. The highest BCUT2D eigenvalue weighted by Crippen LogP contribution is 2.06. The van der Waals surface area contributed by atoms with Gasteiger partial charge in [-0.1, -0.05) is 0 Å². The van der Waals surface area contributed by atoms with Crippen molar-refractivity contribution in [2.24, 2.45) is 0 Å². The Bertz CT molecular complexity index is 204. The first-order valence-electron chi connectivity index (χ1n) is 3.65. The van der Waals surface area contributed by atoms with Gasteiger partial charge in [-0.05, 0) is 6.42 Å². The molecule has 0 radical (unpaired) electrons. The second-order valence-electron chi connectivity index (χ2n) is 2.36. The van der Waals surface area contributed by atoms with E-state index in [9.17, 15) is 10.1 Å². The summed E-state index contributed by atoms with van der Waals surface area (Å²) in [6, 6.07) is 0. The summed E-state index contributed by atoms with van der Waals surface area (Å²) >= 11 is 0. The second kappa shape index (κ2) is 3.91. The van der Waals surface area contributed by atoms with Crippen LogP contribution < -0.4 is 5.32 Å². The molecule has 1 fully saturated rings. The zero-order valence-corrected chi connectivity index (χ0v) is 6.82. The van der Waals surface area contributed by atoms with E-state index in [1.165, 1.54) is 12.2 Å². The number of hydrogen-bond acceptors (Lipinski definition) is 5. The van der Waals surface area contributed by atoms with Crippen molar-refractivity contribution < 1.29 is 9.76 Å². The molecule has 0 bridgehead atoms. The third-order valence-corrected chi connectivity index (χ3v) is 1.56. The smallest absolute Gasteiger partial charge is 0.276 e. The van der Waals surface area contributed by atoms with Gasteiger partial charge in [-0.25, -0.2) is 5.06 Å². The molecular weight excluding hydrogens is 162 g/mol. The van der Waals surface area contributed by atoms with E-state index >= 15 is 0 Å².